The number of aliphatic hydroxyl groups is 1. The van der Waals surface area contributed by atoms with E-state index in [9.17, 15) is 9.90 Å². The first-order chi connectivity index (χ1) is 12.2. The zero-order chi connectivity index (χ0) is 20.6. The number of rotatable bonds is 6. The average Bonchev–Trinajstić information content (AvgIpc) is 2.61. The number of aliphatic carboxylic acids is 1. The van der Waals surface area contributed by atoms with E-state index in [0.29, 0.717) is 13.1 Å². The van der Waals surface area contributed by atoms with Crippen LogP contribution in [0.2, 0.25) is 0 Å². The Kier molecular flexibility index (Phi) is 22.5. The van der Waals surface area contributed by atoms with Crippen molar-refractivity contribution in [2.75, 3.05) is 79.1 Å². The summed E-state index contributed by atoms with van der Waals surface area (Å²) in [7, 11) is -3.94. The quantitative estimate of drug-likeness (QED) is 0.316. The Morgan fingerprint density at radius 3 is 1.33 bits per heavy atom. The molecule has 0 saturated carbocycles. The first kappa shape index (κ1) is 31.6. The van der Waals surface area contributed by atoms with Crippen LogP contribution in [0.25, 0.3) is 0 Å². The largest absolute Gasteiger partial charge is 2.00 e. The molecule has 1 radical (unpaired) electrons. The van der Waals surface area contributed by atoms with Gasteiger partial charge in [0.05, 0.1) is 5.97 Å². The summed E-state index contributed by atoms with van der Waals surface area (Å²) < 4.78 is 34.0. The fourth-order valence-electron chi connectivity index (χ4n) is 2.34. The molecule has 163 valence electrons. The number of hydrogen-bond donors (Lipinski definition) is 3. The molecule has 27 heavy (non-hydrogen) atoms. The van der Waals surface area contributed by atoms with Gasteiger partial charge in [0.15, 0.2) is 0 Å². The van der Waals surface area contributed by atoms with Gasteiger partial charge in [-0.15, -0.1) is 10.2 Å². The average molecular weight is 459 g/mol. The van der Waals surface area contributed by atoms with Crippen molar-refractivity contribution in [1.29, 1.82) is 0 Å². The predicted molar refractivity (Wildman–Crippen MR) is 80.6 cm³/mol. The van der Waals surface area contributed by atoms with Crippen LogP contribution in [0.4, 0.5) is 0 Å². The Bertz CT molecular complexity index is 332. The van der Waals surface area contributed by atoms with Crippen molar-refractivity contribution < 1.29 is 61.0 Å². The van der Waals surface area contributed by atoms with Gasteiger partial charge in [0.25, 0.3) is 0 Å². The predicted octanol–water partition coefficient (Wildman–Crippen LogP) is -8.58. The second-order valence-corrected chi connectivity index (χ2v) is 6.04. The van der Waals surface area contributed by atoms with E-state index in [0.717, 1.165) is 59.5 Å². The molecule has 0 aliphatic carbocycles. The van der Waals surface area contributed by atoms with Gasteiger partial charge >= 0.3 is 17.1 Å². The summed E-state index contributed by atoms with van der Waals surface area (Å²) in [6, 6.07) is 0. The first-order valence-electron chi connectivity index (χ1n) is 7.99. The summed E-state index contributed by atoms with van der Waals surface area (Å²) in [6.07, 6.45) is 0. The minimum atomic E-state index is -4.94. The summed E-state index contributed by atoms with van der Waals surface area (Å²) in [5.41, 5.74) is 11.2. The van der Waals surface area contributed by atoms with Gasteiger partial charge in [-0.2, -0.15) is 0 Å². The van der Waals surface area contributed by atoms with Gasteiger partial charge in [-0.1, -0.05) is 0 Å². The number of carboxylic acids is 1. The van der Waals surface area contributed by atoms with Crippen LogP contribution in [0, 0.1) is 10.2 Å². The number of hydrogen-bond acceptors (Lipinski definition) is 12. The summed E-state index contributed by atoms with van der Waals surface area (Å²) in [5.74, 6) is -1.02. The SMILES string of the molecule is CO.NCCN1CCN(CCN)CCN(CC(=O)[O-])CC1.[Mn+2].[O-][Cl+3]([O-])([O-])[O-]. The van der Waals surface area contributed by atoms with E-state index in [1.54, 1.807) is 0 Å². The van der Waals surface area contributed by atoms with Crippen molar-refractivity contribution in [2.24, 2.45) is 11.5 Å². The second-order valence-electron chi connectivity index (χ2n) is 5.29. The topological polar surface area (TPSA) is 214 Å². The first-order valence-corrected chi connectivity index (χ1v) is 9.22. The van der Waals surface area contributed by atoms with Crippen LogP contribution in [0.5, 0.6) is 0 Å². The number of carbonyl (C=O) groups excluding carboxylic acids is 1. The third kappa shape index (κ3) is 23.8. The van der Waals surface area contributed by atoms with Crippen LogP contribution in [0.1, 0.15) is 0 Å². The summed E-state index contributed by atoms with van der Waals surface area (Å²) in [4.78, 5) is 17.2. The summed E-state index contributed by atoms with van der Waals surface area (Å²) in [5, 5.41) is 17.7. The number of halogens is 1. The Balaban J connectivity index is -0.000000623. The number of nitrogens with two attached hydrogens (primary N) is 2. The van der Waals surface area contributed by atoms with Gasteiger partial charge in [0.2, 0.25) is 0 Å². The van der Waals surface area contributed by atoms with Crippen molar-refractivity contribution in [1.82, 2.24) is 14.7 Å². The molecular weight excluding hydrogens is 429 g/mol. The van der Waals surface area contributed by atoms with Gasteiger partial charge in [0, 0.05) is 79.1 Å². The molecule has 0 bridgehead atoms. The maximum Gasteiger partial charge on any atom is 2.00 e. The molecule has 0 aromatic carbocycles. The molecule has 1 aliphatic heterocycles. The van der Waals surface area contributed by atoms with Gasteiger partial charge in [-0.25, -0.2) is 18.6 Å². The molecule has 1 saturated heterocycles. The summed E-state index contributed by atoms with van der Waals surface area (Å²) >= 11 is 0. The van der Waals surface area contributed by atoms with Crippen LogP contribution in [-0.2, 0) is 21.9 Å². The van der Waals surface area contributed by atoms with Crippen molar-refractivity contribution in [3.63, 3.8) is 0 Å². The maximum absolute atomic E-state index is 10.7. The molecule has 1 heterocycles. The van der Waals surface area contributed by atoms with E-state index in [1.165, 1.54) is 0 Å². The fourth-order valence-corrected chi connectivity index (χ4v) is 2.34. The van der Waals surface area contributed by atoms with Gasteiger partial charge in [0.1, 0.15) is 0 Å². The molecule has 5 N–H and O–H groups in total. The van der Waals surface area contributed by atoms with Crippen LogP contribution >= 0.6 is 0 Å². The van der Waals surface area contributed by atoms with E-state index >= 15 is 0 Å². The van der Waals surface area contributed by atoms with E-state index in [2.05, 4.69) is 9.80 Å². The molecule has 14 heteroatoms. The molecule has 0 amide bonds. The third-order valence-corrected chi connectivity index (χ3v) is 3.44. The zero-order valence-electron chi connectivity index (χ0n) is 15.4. The van der Waals surface area contributed by atoms with E-state index < -0.39 is 16.2 Å². The molecule has 0 unspecified atom stereocenters. The minimum absolute atomic E-state index is 0. The Labute approximate surface area is 172 Å². The van der Waals surface area contributed by atoms with Gasteiger partial charge < -0.3 is 26.5 Å². The van der Waals surface area contributed by atoms with Gasteiger partial charge in [-0.05, 0) is 0 Å². The molecule has 1 aliphatic rings. The molecule has 12 nitrogen and oxygen atoms in total. The monoisotopic (exact) mass is 458 g/mol. The van der Waals surface area contributed by atoms with Crippen molar-refractivity contribution in [2.45, 2.75) is 0 Å². The minimum Gasteiger partial charge on any atom is -0.549 e. The normalized spacial score (nSPS) is 17.0. The fraction of sp³-hybridized carbons (Fsp3) is 0.923. The number of carbonyl (C=O) groups is 1. The maximum atomic E-state index is 10.7. The third-order valence-electron chi connectivity index (χ3n) is 3.44. The van der Waals surface area contributed by atoms with Crippen LogP contribution in [0.15, 0.2) is 0 Å². The number of aliphatic hydroxyl groups excluding tert-OH is 1. The Morgan fingerprint density at radius 2 is 1.11 bits per heavy atom. The standard InChI is InChI=1S/C12H27N5O2.CH4O.ClHO4.Mn/c13-1-3-15-5-6-16(4-2-14)8-10-17(9-7-15)11-12(18)19;1-2;2-1(3,4)5;/h1-11,13-14H2,(H,18,19);2H,1H3;(H,2,3,4,5);/q;;;+2/p-2. The second kappa shape index (κ2) is 19.2. The smallest absolute Gasteiger partial charge is 0.549 e. The number of carboxylic acid groups (broad SMARTS) is 1. The van der Waals surface area contributed by atoms with E-state index in [4.69, 9.17) is 35.2 Å². The van der Waals surface area contributed by atoms with Crippen molar-refractivity contribution in [3.05, 3.63) is 0 Å². The molecule has 1 fully saturated rings. The molecule has 0 atom stereocenters. The zero-order valence-corrected chi connectivity index (χ0v) is 17.4. The molecule has 1 rings (SSSR count). The van der Waals surface area contributed by atoms with Crippen molar-refractivity contribution >= 4 is 5.97 Å². The summed E-state index contributed by atoms with van der Waals surface area (Å²) in [6.45, 7) is 8.01. The van der Waals surface area contributed by atoms with Gasteiger partial charge in [-0.3, -0.25) is 14.7 Å². The van der Waals surface area contributed by atoms with Crippen LogP contribution < -0.4 is 35.2 Å². The van der Waals surface area contributed by atoms with Crippen LogP contribution in [-0.4, -0.2) is 105 Å². The number of nitrogens with zero attached hydrogens (tertiary/aromatic N) is 3. The van der Waals surface area contributed by atoms with Crippen molar-refractivity contribution in [3.8, 4) is 0 Å². The van der Waals surface area contributed by atoms with E-state index in [1.807, 2.05) is 4.90 Å². The molecule has 0 aromatic rings. The Hall–Kier alpha value is -0.121. The molecule has 0 aromatic heterocycles. The Morgan fingerprint density at radius 1 is 0.852 bits per heavy atom. The molecule has 0 spiro atoms. The molecular formula is C13H30ClMnN5O7. The van der Waals surface area contributed by atoms with Crippen LogP contribution in [0.3, 0.4) is 0 Å². The van der Waals surface area contributed by atoms with E-state index in [-0.39, 0.29) is 23.6 Å².